The van der Waals surface area contributed by atoms with Crippen LogP contribution in [0.5, 0.6) is 0 Å². The molecule has 0 saturated heterocycles. The zero-order valence-electron chi connectivity index (χ0n) is 17.0. The summed E-state index contributed by atoms with van der Waals surface area (Å²) < 4.78 is 4.95. The van der Waals surface area contributed by atoms with E-state index in [0.717, 1.165) is 51.5 Å². The minimum atomic E-state index is -0.369. The molecule has 1 fully saturated rings. The maximum atomic E-state index is 12.5. The number of rotatable bonds is 9. The van der Waals surface area contributed by atoms with Gasteiger partial charge in [-0.25, -0.2) is 4.79 Å². The Bertz CT molecular complexity index is 649. The minimum Gasteiger partial charge on any atom is -0.462 e. The van der Waals surface area contributed by atoms with Crippen molar-refractivity contribution in [2.75, 3.05) is 18.5 Å². The predicted octanol–water partition coefficient (Wildman–Crippen LogP) is 3.91. The third kappa shape index (κ3) is 6.66. The average Bonchev–Trinajstić information content (AvgIpc) is 2.72. The van der Waals surface area contributed by atoms with Crippen LogP contribution in [0, 0.1) is 11.8 Å². The summed E-state index contributed by atoms with van der Waals surface area (Å²) in [5, 5.41) is 5.93. The standard InChI is InChI=1S/C22H32N2O4/c1-3-5-6-15-23-20(25)16-7-9-17(10-8-16)21(26)24-19-13-11-18(12-14-19)22(27)28-4-2/h11-14,16-17H,3-10,15H2,1-2H3,(H,23,25)(H,24,26). The van der Waals surface area contributed by atoms with Gasteiger partial charge in [-0.3, -0.25) is 9.59 Å². The fraction of sp³-hybridized carbons (Fsp3) is 0.591. The number of anilines is 1. The van der Waals surface area contributed by atoms with E-state index >= 15 is 0 Å². The first-order chi connectivity index (χ1) is 13.5. The van der Waals surface area contributed by atoms with Gasteiger partial charge in [0.1, 0.15) is 0 Å². The lowest BCUT2D eigenvalue weighted by molar-refractivity contribution is -0.128. The lowest BCUT2D eigenvalue weighted by Gasteiger charge is -2.27. The number of ether oxygens (including phenoxy) is 1. The van der Waals surface area contributed by atoms with Crippen LogP contribution in [-0.2, 0) is 14.3 Å². The molecule has 28 heavy (non-hydrogen) atoms. The Balaban J connectivity index is 1.76. The molecule has 6 heteroatoms. The molecule has 1 aliphatic carbocycles. The SMILES string of the molecule is CCCCCNC(=O)C1CCC(C(=O)Nc2ccc(C(=O)OCC)cc2)CC1. The fourth-order valence-electron chi connectivity index (χ4n) is 3.50. The average molecular weight is 389 g/mol. The molecule has 6 nitrogen and oxygen atoms in total. The highest BCUT2D eigenvalue weighted by atomic mass is 16.5. The van der Waals surface area contributed by atoms with Crippen LogP contribution in [0.25, 0.3) is 0 Å². The number of amides is 2. The molecule has 0 aliphatic heterocycles. The molecule has 0 atom stereocenters. The van der Waals surface area contributed by atoms with E-state index in [9.17, 15) is 14.4 Å². The van der Waals surface area contributed by atoms with E-state index in [1.807, 2.05) is 0 Å². The molecule has 1 aromatic carbocycles. The predicted molar refractivity (Wildman–Crippen MR) is 109 cm³/mol. The number of nitrogens with one attached hydrogen (secondary N) is 2. The first kappa shape index (κ1) is 21.9. The molecule has 2 N–H and O–H groups in total. The van der Waals surface area contributed by atoms with E-state index in [1.54, 1.807) is 31.2 Å². The number of hydrogen-bond acceptors (Lipinski definition) is 4. The number of unbranched alkanes of at least 4 members (excludes halogenated alkanes) is 2. The van der Waals surface area contributed by atoms with Crippen molar-refractivity contribution in [1.82, 2.24) is 5.32 Å². The number of esters is 1. The van der Waals surface area contributed by atoms with Gasteiger partial charge in [-0.15, -0.1) is 0 Å². The third-order valence-corrected chi connectivity index (χ3v) is 5.21. The van der Waals surface area contributed by atoms with Gasteiger partial charge in [0.05, 0.1) is 12.2 Å². The molecule has 2 rings (SSSR count). The number of hydrogen-bond donors (Lipinski definition) is 2. The molecular formula is C22H32N2O4. The molecule has 0 radical (unpaired) electrons. The number of carbonyl (C=O) groups is 3. The Kier molecular flexibility index (Phi) is 8.98. The van der Waals surface area contributed by atoms with Crippen LogP contribution in [0.3, 0.4) is 0 Å². The van der Waals surface area contributed by atoms with Gasteiger partial charge in [0.2, 0.25) is 11.8 Å². The van der Waals surface area contributed by atoms with Crippen LogP contribution in [0.2, 0.25) is 0 Å². The van der Waals surface area contributed by atoms with Crippen LogP contribution in [-0.4, -0.2) is 30.9 Å². The lowest BCUT2D eigenvalue weighted by atomic mass is 9.81. The summed E-state index contributed by atoms with van der Waals surface area (Å²) in [6.45, 7) is 4.98. The highest BCUT2D eigenvalue weighted by Gasteiger charge is 2.29. The topological polar surface area (TPSA) is 84.5 Å². The van der Waals surface area contributed by atoms with E-state index in [2.05, 4.69) is 17.6 Å². The normalized spacial score (nSPS) is 18.9. The van der Waals surface area contributed by atoms with Crippen LogP contribution in [0.1, 0.15) is 69.2 Å². The van der Waals surface area contributed by atoms with Gasteiger partial charge >= 0.3 is 5.97 Å². The minimum absolute atomic E-state index is 0.0225. The smallest absolute Gasteiger partial charge is 0.338 e. The molecule has 1 saturated carbocycles. The van der Waals surface area contributed by atoms with E-state index in [4.69, 9.17) is 4.74 Å². The van der Waals surface area contributed by atoms with E-state index in [-0.39, 0.29) is 29.6 Å². The highest BCUT2D eigenvalue weighted by molar-refractivity contribution is 5.94. The van der Waals surface area contributed by atoms with Crippen molar-refractivity contribution in [2.45, 2.75) is 58.8 Å². The van der Waals surface area contributed by atoms with Gasteiger partial charge in [0.15, 0.2) is 0 Å². The second-order valence-corrected chi connectivity index (χ2v) is 7.33. The number of benzene rings is 1. The first-order valence-electron chi connectivity index (χ1n) is 10.4. The fourth-order valence-corrected chi connectivity index (χ4v) is 3.50. The zero-order valence-corrected chi connectivity index (χ0v) is 17.0. The van der Waals surface area contributed by atoms with Crippen LogP contribution in [0.15, 0.2) is 24.3 Å². The first-order valence-corrected chi connectivity index (χ1v) is 10.4. The van der Waals surface area contributed by atoms with Crippen molar-refractivity contribution in [2.24, 2.45) is 11.8 Å². The second kappa shape index (κ2) is 11.5. The highest BCUT2D eigenvalue weighted by Crippen LogP contribution is 2.30. The molecule has 0 aromatic heterocycles. The number of carbonyl (C=O) groups excluding carboxylic acids is 3. The summed E-state index contributed by atoms with van der Waals surface area (Å²) in [5.41, 5.74) is 1.12. The molecule has 0 bridgehead atoms. The Labute approximate surface area is 167 Å². The largest absolute Gasteiger partial charge is 0.462 e. The summed E-state index contributed by atoms with van der Waals surface area (Å²) in [6.07, 6.45) is 6.24. The maximum Gasteiger partial charge on any atom is 0.338 e. The molecule has 1 aromatic rings. The quantitative estimate of drug-likeness (QED) is 0.496. The molecular weight excluding hydrogens is 356 g/mol. The Hall–Kier alpha value is -2.37. The monoisotopic (exact) mass is 388 g/mol. The van der Waals surface area contributed by atoms with Gasteiger partial charge < -0.3 is 15.4 Å². The maximum absolute atomic E-state index is 12.5. The Morgan fingerprint density at radius 2 is 1.54 bits per heavy atom. The van der Waals surface area contributed by atoms with E-state index < -0.39 is 0 Å². The summed E-state index contributed by atoms with van der Waals surface area (Å²) in [7, 11) is 0. The van der Waals surface area contributed by atoms with Crippen LogP contribution >= 0.6 is 0 Å². The summed E-state index contributed by atoms with van der Waals surface area (Å²) in [5.74, 6) is -0.315. The molecule has 0 heterocycles. The molecule has 1 aliphatic rings. The van der Waals surface area contributed by atoms with Gasteiger partial charge in [-0.1, -0.05) is 19.8 Å². The van der Waals surface area contributed by atoms with Crippen molar-refractivity contribution in [3.8, 4) is 0 Å². The van der Waals surface area contributed by atoms with Gasteiger partial charge in [0.25, 0.3) is 0 Å². The third-order valence-electron chi connectivity index (χ3n) is 5.21. The van der Waals surface area contributed by atoms with Crippen molar-refractivity contribution >= 4 is 23.5 Å². The van der Waals surface area contributed by atoms with Crippen molar-refractivity contribution < 1.29 is 19.1 Å². The van der Waals surface area contributed by atoms with Crippen LogP contribution in [0.4, 0.5) is 5.69 Å². The zero-order chi connectivity index (χ0) is 20.4. The second-order valence-electron chi connectivity index (χ2n) is 7.33. The van der Waals surface area contributed by atoms with Gasteiger partial charge in [-0.2, -0.15) is 0 Å². The Morgan fingerprint density at radius 3 is 2.11 bits per heavy atom. The Morgan fingerprint density at radius 1 is 0.929 bits per heavy atom. The summed E-state index contributed by atoms with van der Waals surface area (Å²) >= 11 is 0. The van der Waals surface area contributed by atoms with Gasteiger partial charge in [-0.05, 0) is 63.3 Å². The van der Waals surface area contributed by atoms with E-state index in [0.29, 0.717) is 17.9 Å². The van der Waals surface area contributed by atoms with Crippen molar-refractivity contribution in [3.05, 3.63) is 29.8 Å². The molecule has 154 valence electrons. The lowest BCUT2D eigenvalue weighted by Crippen LogP contribution is -2.35. The summed E-state index contributed by atoms with van der Waals surface area (Å²) in [6, 6.07) is 6.71. The molecule has 2 amide bonds. The molecule has 0 spiro atoms. The van der Waals surface area contributed by atoms with Crippen LogP contribution < -0.4 is 10.6 Å². The summed E-state index contributed by atoms with van der Waals surface area (Å²) in [4.78, 5) is 36.4. The molecule has 0 unspecified atom stereocenters. The van der Waals surface area contributed by atoms with Crippen molar-refractivity contribution in [1.29, 1.82) is 0 Å². The van der Waals surface area contributed by atoms with E-state index in [1.165, 1.54) is 0 Å². The van der Waals surface area contributed by atoms with Crippen molar-refractivity contribution in [3.63, 3.8) is 0 Å². The van der Waals surface area contributed by atoms with Gasteiger partial charge in [0, 0.05) is 24.1 Å².